The van der Waals surface area contributed by atoms with Gasteiger partial charge in [-0.25, -0.2) is 9.18 Å². The van der Waals surface area contributed by atoms with Crippen molar-refractivity contribution in [3.05, 3.63) is 36.2 Å². The number of alkyl halides is 1. The fourth-order valence-electron chi connectivity index (χ4n) is 3.67. The molecule has 34 heavy (non-hydrogen) atoms. The fourth-order valence-corrected chi connectivity index (χ4v) is 3.67. The van der Waals surface area contributed by atoms with Crippen LogP contribution in [-0.4, -0.2) is 68.4 Å². The van der Waals surface area contributed by atoms with Crippen LogP contribution in [-0.2, 0) is 11.3 Å². The first kappa shape index (κ1) is 25.5. The summed E-state index contributed by atoms with van der Waals surface area (Å²) in [7, 11) is 0. The zero-order valence-corrected chi connectivity index (χ0v) is 20.2. The van der Waals surface area contributed by atoms with E-state index in [1.165, 1.54) is 4.90 Å². The van der Waals surface area contributed by atoms with Gasteiger partial charge in [0.05, 0.1) is 30.5 Å². The Morgan fingerprint density at radius 1 is 1.24 bits per heavy atom. The average Bonchev–Trinajstić information content (AvgIpc) is 3.14. The molecule has 0 spiro atoms. The Bertz CT molecular complexity index is 1040. The van der Waals surface area contributed by atoms with Crippen LogP contribution in [0.1, 0.15) is 51.4 Å². The maximum absolute atomic E-state index is 14.9. The van der Waals surface area contributed by atoms with Gasteiger partial charge in [-0.1, -0.05) is 6.07 Å². The molecule has 1 aromatic carbocycles. The van der Waals surface area contributed by atoms with Gasteiger partial charge in [-0.15, -0.1) is 0 Å². The van der Waals surface area contributed by atoms with Crippen molar-refractivity contribution in [3.8, 4) is 16.9 Å². The summed E-state index contributed by atoms with van der Waals surface area (Å²) in [4.78, 5) is 25.7. The lowest BCUT2D eigenvalue weighted by atomic mass is 10.0. The average molecular weight is 477 g/mol. The molecule has 0 radical (unpaired) electrons. The van der Waals surface area contributed by atoms with Crippen molar-refractivity contribution in [2.45, 2.75) is 71.1 Å². The van der Waals surface area contributed by atoms with Gasteiger partial charge in [0.2, 0.25) is 0 Å². The molecule has 3 N–H and O–H groups in total. The first-order chi connectivity index (χ1) is 15.7. The van der Waals surface area contributed by atoms with E-state index in [1.807, 2.05) is 0 Å². The third kappa shape index (κ3) is 6.69. The van der Waals surface area contributed by atoms with E-state index in [1.54, 1.807) is 69.9 Å². The number of nitrogens with two attached hydrogens (primary N) is 1. The van der Waals surface area contributed by atoms with Crippen LogP contribution >= 0.6 is 0 Å². The number of hydrogen-bond acceptors (Lipinski definition) is 6. The topological polar surface area (TPSA) is 120 Å². The van der Waals surface area contributed by atoms with Gasteiger partial charge in [-0.3, -0.25) is 9.48 Å². The number of piperidine rings is 1. The van der Waals surface area contributed by atoms with Crippen molar-refractivity contribution < 1.29 is 28.6 Å². The largest absolute Gasteiger partial charge is 0.486 e. The second kappa shape index (κ2) is 9.61. The highest BCUT2D eigenvalue weighted by molar-refractivity contribution is 5.97. The Balaban J connectivity index is 1.72. The number of nitrogens with zero attached hydrogens (tertiary/aromatic N) is 3. The molecule has 2 amide bonds. The summed E-state index contributed by atoms with van der Waals surface area (Å²) in [6, 6.07) is 4.89. The number of ether oxygens (including phenoxy) is 2. The maximum Gasteiger partial charge on any atom is 0.410 e. The van der Waals surface area contributed by atoms with Crippen LogP contribution in [0, 0.1) is 0 Å². The second-order valence-electron chi connectivity index (χ2n) is 10.2. The first-order valence-corrected chi connectivity index (χ1v) is 11.2. The summed E-state index contributed by atoms with van der Waals surface area (Å²) in [6.45, 7) is 9.03. The van der Waals surface area contributed by atoms with E-state index in [4.69, 9.17) is 15.2 Å². The van der Waals surface area contributed by atoms with Crippen LogP contribution in [0.5, 0.6) is 5.75 Å². The van der Waals surface area contributed by atoms with Crippen LogP contribution in [0.2, 0.25) is 0 Å². The van der Waals surface area contributed by atoms with Gasteiger partial charge in [0.15, 0.2) is 6.17 Å². The predicted molar refractivity (Wildman–Crippen MR) is 124 cm³/mol. The highest BCUT2D eigenvalue weighted by Crippen LogP contribution is 2.30. The maximum atomic E-state index is 14.9. The second-order valence-corrected chi connectivity index (χ2v) is 10.2. The summed E-state index contributed by atoms with van der Waals surface area (Å²) in [5, 5.41) is 14.2. The predicted octanol–water partition coefficient (Wildman–Crippen LogP) is 3.15. The molecule has 186 valence electrons. The van der Waals surface area contributed by atoms with Crippen LogP contribution < -0.4 is 10.5 Å². The molecule has 1 aliphatic heterocycles. The van der Waals surface area contributed by atoms with Gasteiger partial charge in [0, 0.05) is 24.7 Å². The Hall–Kier alpha value is -3.14. The number of rotatable bonds is 6. The number of benzene rings is 1. The molecule has 9 nitrogen and oxygen atoms in total. The third-order valence-corrected chi connectivity index (χ3v) is 5.17. The molecule has 2 heterocycles. The number of likely N-dealkylation sites (tertiary alicyclic amines) is 1. The minimum absolute atomic E-state index is 0.120. The van der Waals surface area contributed by atoms with Crippen molar-refractivity contribution >= 4 is 12.0 Å². The van der Waals surface area contributed by atoms with Crippen molar-refractivity contribution in [1.82, 2.24) is 14.7 Å². The van der Waals surface area contributed by atoms with Gasteiger partial charge in [0.1, 0.15) is 17.5 Å². The van der Waals surface area contributed by atoms with Gasteiger partial charge in [-0.05, 0) is 52.3 Å². The molecule has 0 aliphatic carbocycles. The Morgan fingerprint density at radius 3 is 2.53 bits per heavy atom. The molecule has 0 unspecified atom stereocenters. The number of carbonyl (C=O) groups excluding carboxylic acids is 2. The van der Waals surface area contributed by atoms with E-state index in [9.17, 15) is 19.1 Å². The van der Waals surface area contributed by atoms with E-state index in [0.717, 1.165) is 5.56 Å². The molecule has 2 atom stereocenters. The molecule has 1 fully saturated rings. The number of carbonyl (C=O) groups is 2. The van der Waals surface area contributed by atoms with Gasteiger partial charge in [0.25, 0.3) is 5.91 Å². The van der Waals surface area contributed by atoms with Gasteiger partial charge >= 0.3 is 6.09 Å². The molecule has 3 rings (SSSR count). The van der Waals surface area contributed by atoms with Crippen LogP contribution in [0.25, 0.3) is 11.1 Å². The fraction of sp³-hybridized carbons (Fsp3) is 0.542. The Labute approximate surface area is 198 Å². The van der Waals surface area contributed by atoms with Gasteiger partial charge in [-0.2, -0.15) is 5.10 Å². The molecule has 2 aromatic rings. The van der Waals surface area contributed by atoms with E-state index in [-0.39, 0.29) is 30.8 Å². The molecule has 1 saturated heterocycles. The first-order valence-electron chi connectivity index (χ1n) is 11.2. The standard InChI is InChI=1S/C24H33FN4O5/c1-23(2,3)34-22(31)28-9-8-20(18(25)13-28)33-19-7-6-15(10-17(19)21(26)30)16-11-27-29(12-16)14-24(4,5)32/h6-7,10-12,18,20,32H,8-9,13-14H2,1-5H3,(H2,26,30)/t18-,20+/m1/s1. The zero-order valence-electron chi connectivity index (χ0n) is 20.2. The van der Waals surface area contributed by atoms with Crippen molar-refractivity contribution in [2.24, 2.45) is 5.73 Å². The highest BCUT2D eigenvalue weighted by Gasteiger charge is 2.35. The van der Waals surface area contributed by atoms with Crippen LogP contribution in [0.3, 0.4) is 0 Å². The SMILES string of the molecule is CC(C)(O)Cn1cc(-c2ccc(O[C@H]3CCN(C(=O)OC(C)(C)C)C[C@H]3F)c(C(N)=O)c2)cn1. The monoisotopic (exact) mass is 476 g/mol. The van der Waals surface area contributed by atoms with Crippen LogP contribution in [0.15, 0.2) is 30.6 Å². The number of primary amides is 1. The quantitative estimate of drug-likeness (QED) is 0.661. The molecule has 1 aromatic heterocycles. The van der Waals surface area contributed by atoms with E-state index in [2.05, 4.69) is 5.10 Å². The van der Waals surface area contributed by atoms with Crippen molar-refractivity contribution in [2.75, 3.05) is 13.1 Å². The summed E-state index contributed by atoms with van der Waals surface area (Å²) in [5.74, 6) is -0.527. The smallest absolute Gasteiger partial charge is 0.410 e. The number of amides is 2. The Morgan fingerprint density at radius 2 is 1.94 bits per heavy atom. The summed E-state index contributed by atoms with van der Waals surface area (Å²) >= 11 is 0. The van der Waals surface area contributed by atoms with E-state index >= 15 is 0 Å². The lowest BCUT2D eigenvalue weighted by Gasteiger charge is -2.35. The summed E-state index contributed by atoms with van der Waals surface area (Å²) in [6.07, 6.45) is 0.753. The minimum Gasteiger partial charge on any atom is -0.486 e. The zero-order chi connectivity index (χ0) is 25.3. The van der Waals surface area contributed by atoms with Crippen LogP contribution in [0.4, 0.5) is 9.18 Å². The van der Waals surface area contributed by atoms with Gasteiger partial charge < -0.3 is 25.2 Å². The van der Waals surface area contributed by atoms with Crippen molar-refractivity contribution in [3.63, 3.8) is 0 Å². The number of halogens is 1. The summed E-state index contributed by atoms with van der Waals surface area (Å²) < 4.78 is 27.6. The molecular formula is C24H33FN4O5. The summed E-state index contributed by atoms with van der Waals surface area (Å²) in [5.41, 5.74) is 5.51. The number of aliphatic hydroxyl groups is 1. The number of aromatic nitrogens is 2. The lowest BCUT2D eigenvalue weighted by molar-refractivity contribution is -0.0106. The molecule has 0 saturated carbocycles. The minimum atomic E-state index is -1.46. The molecule has 10 heteroatoms. The third-order valence-electron chi connectivity index (χ3n) is 5.17. The molecule has 0 bridgehead atoms. The normalized spacial score (nSPS) is 19.1. The molecular weight excluding hydrogens is 443 g/mol. The lowest BCUT2D eigenvalue weighted by Crippen LogP contribution is -2.50. The Kier molecular flexibility index (Phi) is 7.21. The highest BCUT2D eigenvalue weighted by atomic mass is 19.1. The van der Waals surface area contributed by atoms with E-state index < -0.39 is 35.5 Å². The number of hydrogen-bond donors (Lipinski definition) is 2. The molecule has 1 aliphatic rings. The van der Waals surface area contributed by atoms with Crippen molar-refractivity contribution in [1.29, 1.82) is 0 Å². The van der Waals surface area contributed by atoms with E-state index in [0.29, 0.717) is 12.1 Å².